The minimum Gasteiger partial charge on any atom is -0.493 e. The van der Waals surface area contributed by atoms with Crippen LogP contribution in [-0.4, -0.2) is 76.4 Å². The number of aromatic nitrogens is 4. The van der Waals surface area contributed by atoms with Crippen molar-refractivity contribution >= 4 is 0 Å². The van der Waals surface area contributed by atoms with Crippen LogP contribution < -0.4 is 9.47 Å². The van der Waals surface area contributed by atoms with Crippen LogP contribution in [0, 0.1) is 5.92 Å². The lowest BCUT2D eigenvalue weighted by Crippen LogP contribution is -2.51. The lowest BCUT2D eigenvalue weighted by molar-refractivity contribution is 0.0499. The Morgan fingerprint density at radius 3 is 2.38 bits per heavy atom. The molecule has 1 aliphatic carbocycles. The molecule has 1 saturated heterocycles. The Kier molecular flexibility index (Phi) is 7.63. The second-order valence-electron chi connectivity index (χ2n) is 9.40. The summed E-state index contributed by atoms with van der Waals surface area (Å²) in [5.41, 5.74) is 1.18. The van der Waals surface area contributed by atoms with Crippen LogP contribution in [0.1, 0.15) is 57.0 Å². The van der Waals surface area contributed by atoms with Crippen molar-refractivity contribution in [3.05, 3.63) is 29.6 Å². The van der Waals surface area contributed by atoms with Gasteiger partial charge in [-0.3, -0.25) is 9.80 Å². The predicted octanol–water partition coefficient (Wildman–Crippen LogP) is 3.19. The average Bonchev–Trinajstić information content (AvgIpc) is 3.50. The van der Waals surface area contributed by atoms with Gasteiger partial charge < -0.3 is 9.47 Å². The van der Waals surface area contributed by atoms with Gasteiger partial charge in [0.2, 0.25) is 0 Å². The zero-order valence-corrected chi connectivity index (χ0v) is 20.0. The molecule has 1 aliphatic heterocycles. The smallest absolute Gasteiger partial charge is 0.168 e. The third-order valence-electron chi connectivity index (χ3n) is 7.10. The number of hydrogen-bond donors (Lipinski definition) is 0. The van der Waals surface area contributed by atoms with Gasteiger partial charge in [-0.25, -0.2) is 4.68 Å². The SMILES string of the molecule is COc1ccc(CCn2nnnc2C(C(C)C)N2CCN(C3CCCC3)CC2)cc1OC. The van der Waals surface area contributed by atoms with Gasteiger partial charge in [0.1, 0.15) is 0 Å². The molecule has 0 N–H and O–H groups in total. The first kappa shape index (κ1) is 23.0. The molecule has 8 heteroatoms. The summed E-state index contributed by atoms with van der Waals surface area (Å²) in [7, 11) is 3.32. The van der Waals surface area contributed by atoms with Crippen molar-refractivity contribution in [3.63, 3.8) is 0 Å². The van der Waals surface area contributed by atoms with Crippen molar-refractivity contribution in [3.8, 4) is 11.5 Å². The van der Waals surface area contributed by atoms with Gasteiger partial charge in [-0.05, 0) is 53.3 Å². The van der Waals surface area contributed by atoms with E-state index in [2.05, 4.69) is 45.2 Å². The first-order valence-corrected chi connectivity index (χ1v) is 12.1. The van der Waals surface area contributed by atoms with Gasteiger partial charge in [0.25, 0.3) is 0 Å². The van der Waals surface area contributed by atoms with E-state index in [9.17, 15) is 0 Å². The van der Waals surface area contributed by atoms with Crippen molar-refractivity contribution in [1.82, 2.24) is 30.0 Å². The zero-order chi connectivity index (χ0) is 22.5. The molecule has 0 bridgehead atoms. The summed E-state index contributed by atoms with van der Waals surface area (Å²) in [5.74, 6) is 2.92. The molecule has 2 aliphatic rings. The van der Waals surface area contributed by atoms with Crippen molar-refractivity contribution in [2.24, 2.45) is 5.92 Å². The van der Waals surface area contributed by atoms with Gasteiger partial charge in [0.15, 0.2) is 17.3 Å². The number of ether oxygens (including phenoxy) is 2. The molecule has 32 heavy (non-hydrogen) atoms. The van der Waals surface area contributed by atoms with Crippen LogP contribution >= 0.6 is 0 Å². The molecule has 176 valence electrons. The molecule has 2 aromatic rings. The normalized spacial score (nSPS) is 19.5. The first-order chi connectivity index (χ1) is 15.6. The number of rotatable bonds is 9. The predicted molar refractivity (Wildman–Crippen MR) is 124 cm³/mol. The van der Waals surface area contributed by atoms with Crippen LogP contribution in [0.4, 0.5) is 0 Å². The minimum absolute atomic E-state index is 0.237. The maximum absolute atomic E-state index is 5.45. The number of aryl methyl sites for hydroxylation is 2. The van der Waals surface area contributed by atoms with E-state index in [0.29, 0.717) is 5.92 Å². The standard InChI is InChI=1S/C24H38N6O2/c1-18(2)23(29-15-13-28(14-16-29)20-7-5-6-8-20)24-25-26-27-30(24)12-11-19-9-10-21(31-3)22(17-19)32-4/h9-10,17-18,20,23H,5-8,11-16H2,1-4H3. The number of tetrazole rings is 1. The van der Waals surface area contributed by atoms with Crippen LogP contribution in [0.25, 0.3) is 0 Å². The number of methoxy groups -OCH3 is 2. The van der Waals surface area contributed by atoms with Gasteiger partial charge in [0, 0.05) is 38.8 Å². The molecule has 8 nitrogen and oxygen atoms in total. The Bertz CT molecular complexity index is 856. The Morgan fingerprint density at radius 1 is 1.00 bits per heavy atom. The largest absolute Gasteiger partial charge is 0.493 e. The van der Waals surface area contributed by atoms with Gasteiger partial charge in [-0.2, -0.15) is 0 Å². The molecule has 0 spiro atoms. The van der Waals surface area contributed by atoms with Crippen LogP contribution in [-0.2, 0) is 13.0 Å². The first-order valence-electron chi connectivity index (χ1n) is 12.1. The van der Waals surface area contributed by atoms with Crippen molar-refractivity contribution in [2.45, 2.75) is 64.6 Å². The second kappa shape index (κ2) is 10.6. The van der Waals surface area contributed by atoms with Crippen molar-refractivity contribution in [2.75, 3.05) is 40.4 Å². The fourth-order valence-corrected chi connectivity index (χ4v) is 5.39. The fourth-order valence-electron chi connectivity index (χ4n) is 5.39. The lowest BCUT2D eigenvalue weighted by Gasteiger charge is -2.42. The van der Waals surface area contributed by atoms with E-state index in [4.69, 9.17) is 9.47 Å². The molecule has 4 rings (SSSR count). The summed E-state index contributed by atoms with van der Waals surface area (Å²) < 4.78 is 12.8. The van der Waals surface area contributed by atoms with E-state index in [1.54, 1.807) is 14.2 Å². The highest BCUT2D eigenvalue weighted by atomic mass is 16.5. The molecule has 2 fully saturated rings. The highest BCUT2D eigenvalue weighted by molar-refractivity contribution is 5.42. The monoisotopic (exact) mass is 442 g/mol. The summed E-state index contributed by atoms with van der Waals surface area (Å²) in [4.78, 5) is 5.30. The van der Waals surface area contributed by atoms with Crippen LogP contribution in [0.2, 0.25) is 0 Å². The third-order valence-corrected chi connectivity index (χ3v) is 7.10. The van der Waals surface area contributed by atoms with Gasteiger partial charge in [0.05, 0.1) is 20.3 Å². The number of nitrogens with zero attached hydrogens (tertiary/aromatic N) is 6. The van der Waals surface area contributed by atoms with E-state index in [0.717, 1.165) is 62.5 Å². The number of benzene rings is 1. The Balaban J connectivity index is 1.42. The van der Waals surface area contributed by atoms with Crippen molar-refractivity contribution < 1.29 is 9.47 Å². The van der Waals surface area contributed by atoms with E-state index in [-0.39, 0.29) is 6.04 Å². The molecule has 1 atom stereocenters. The summed E-state index contributed by atoms with van der Waals surface area (Å²) >= 11 is 0. The van der Waals surface area contributed by atoms with Gasteiger partial charge in [-0.15, -0.1) is 5.10 Å². The molecule has 1 aromatic carbocycles. The lowest BCUT2D eigenvalue weighted by atomic mass is 10.00. The number of piperazine rings is 1. The highest BCUT2D eigenvalue weighted by Gasteiger charge is 2.33. The van der Waals surface area contributed by atoms with E-state index in [1.807, 2.05) is 16.8 Å². The second-order valence-corrected chi connectivity index (χ2v) is 9.40. The Labute approximate surface area is 191 Å². The Hall–Kier alpha value is -2.19. The van der Waals surface area contributed by atoms with Crippen LogP contribution in [0.3, 0.4) is 0 Å². The van der Waals surface area contributed by atoms with Gasteiger partial charge >= 0.3 is 0 Å². The van der Waals surface area contributed by atoms with Crippen LogP contribution in [0.15, 0.2) is 18.2 Å². The summed E-state index contributed by atoms with van der Waals surface area (Å²) in [6, 6.07) is 7.11. The third kappa shape index (κ3) is 5.07. The van der Waals surface area contributed by atoms with Crippen molar-refractivity contribution in [1.29, 1.82) is 0 Å². The van der Waals surface area contributed by atoms with E-state index in [1.165, 1.54) is 31.2 Å². The summed E-state index contributed by atoms with van der Waals surface area (Å²) in [6.45, 7) is 9.78. The fraction of sp³-hybridized carbons (Fsp3) is 0.708. The molecular formula is C24H38N6O2. The van der Waals surface area contributed by atoms with E-state index >= 15 is 0 Å². The summed E-state index contributed by atoms with van der Waals surface area (Å²) in [5, 5.41) is 12.9. The molecule has 2 heterocycles. The zero-order valence-electron chi connectivity index (χ0n) is 20.0. The molecule has 0 radical (unpaired) electrons. The van der Waals surface area contributed by atoms with E-state index < -0.39 is 0 Å². The molecule has 1 saturated carbocycles. The molecule has 1 aromatic heterocycles. The van der Waals surface area contributed by atoms with Gasteiger partial charge in [-0.1, -0.05) is 32.8 Å². The topological polar surface area (TPSA) is 68.5 Å². The minimum atomic E-state index is 0.237. The molecule has 1 unspecified atom stereocenters. The quantitative estimate of drug-likeness (QED) is 0.591. The molecular weight excluding hydrogens is 404 g/mol. The average molecular weight is 443 g/mol. The Morgan fingerprint density at radius 2 is 1.72 bits per heavy atom. The number of hydrogen-bond acceptors (Lipinski definition) is 7. The molecule has 0 amide bonds. The maximum atomic E-state index is 5.45. The highest BCUT2D eigenvalue weighted by Crippen LogP contribution is 2.31. The summed E-state index contributed by atoms with van der Waals surface area (Å²) in [6.07, 6.45) is 6.38. The maximum Gasteiger partial charge on any atom is 0.168 e. The van der Waals surface area contributed by atoms with Crippen LogP contribution in [0.5, 0.6) is 11.5 Å².